The van der Waals surface area contributed by atoms with Crippen LogP contribution in [0.1, 0.15) is 48.0 Å². The monoisotopic (exact) mass is 227 g/mol. The predicted octanol–water partition coefficient (Wildman–Crippen LogP) is 2.62. The number of rotatable bonds is 6. The third-order valence-electron chi connectivity index (χ3n) is 2.33. The molecule has 0 amide bonds. The van der Waals surface area contributed by atoms with Crippen LogP contribution in [0.5, 0.6) is 0 Å². The highest BCUT2D eigenvalue weighted by molar-refractivity contribution is 5.77. The van der Waals surface area contributed by atoms with Crippen LogP contribution in [-0.2, 0) is 0 Å². The summed E-state index contributed by atoms with van der Waals surface area (Å²) >= 11 is 0. The molecule has 3 N–H and O–H groups in total. The molecule has 0 unspecified atom stereocenters. The summed E-state index contributed by atoms with van der Waals surface area (Å²) in [5.74, 6) is 1.87. The van der Waals surface area contributed by atoms with Gasteiger partial charge in [0.15, 0.2) is 5.96 Å². The highest BCUT2D eigenvalue weighted by atomic mass is 15.1. The Morgan fingerprint density at radius 3 is 2.19 bits per heavy atom. The molecule has 0 saturated carbocycles. The van der Waals surface area contributed by atoms with Gasteiger partial charge in [0, 0.05) is 13.1 Å². The minimum absolute atomic E-state index is 0.234. The molecule has 0 bridgehead atoms. The van der Waals surface area contributed by atoms with E-state index in [2.05, 4.69) is 51.9 Å². The second-order valence-electron chi connectivity index (χ2n) is 6.24. The molecule has 0 aromatic carbocycles. The molecule has 0 aromatic rings. The first-order valence-electron chi connectivity index (χ1n) is 6.27. The van der Waals surface area contributed by atoms with Crippen LogP contribution in [0.15, 0.2) is 4.99 Å². The molecule has 0 aromatic heterocycles. The van der Waals surface area contributed by atoms with Crippen LogP contribution in [0.3, 0.4) is 0 Å². The van der Waals surface area contributed by atoms with Crippen LogP contribution in [0.2, 0.25) is 0 Å². The Morgan fingerprint density at radius 2 is 1.75 bits per heavy atom. The summed E-state index contributed by atoms with van der Waals surface area (Å²) in [5, 5.41) is 3.14. The molecular formula is C13H29N3. The molecule has 3 heteroatoms. The standard InChI is InChI=1S/C13H29N3/c1-10(2)7-13(5,6)9-16-12(14)15-8-11(3)4/h10-11H,7-9H2,1-6H3,(H3,14,15,16). The lowest BCUT2D eigenvalue weighted by atomic mass is 9.84. The van der Waals surface area contributed by atoms with Gasteiger partial charge < -0.3 is 11.1 Å². The second kappa shape index (κ2) is 6.77. The SMILES string of the molecule is CC(C)CNC(N)=NCC(C)(C)CC(C)C. The Bertz CT molecular complexity index is 217. The Hall–Kier alpha value is -0.730. The lowest BCUT2D eigenvalue weighted by molar-refractivity contribution is 0.298. The Kier molecular flexibility index (Phi) is 6.46. The van der Waals surface area contributed by atoms with E-state index < -0.39 is 0 Å². The smallest absolute Gasteiger partial charge is 0.188 e. The molecule has 0 rings (SSSR count). The van der Waals surface area contributed by atoms with Gasteiger partial charge in [0.25, 0.3) is 0 Å². The molecule has 96 valence electrons. The molecule has 0 heterocycles. The van der Waals surface area contributed by atoms with Crippen molar-refractivity contribution in [3.8, 4) is 0 Å². The molecule has 0 aliphatic rings. The molecular weight excluding hydrogens is 198 g/mol. The van der Waals surface area contributed by atoms with Gasteiger partial charge in [-0.25, -0.2) is 0 Å². The molecule has 16 heavy (non-hydrogen) atoms. The lowest BCUT2D eigenvalue weighted by Gasteiger charge is -2.24. The zero-order valence-electron chi connectivity index (χ0n) is 11.8. The minimum atomic E-state index is 0.234. The highest BCUT2D eigenvalue weighted by Crippen LogP contribution is 2.25. The Balaban J connectivity index is 4.03. The number of aliphatic imine (C=N–C) groups is 1. The van der Waals surface area contributed by atoms with Gasteiger partial charge in [0.1, 0.15) is 0 Å². The maximum absolute atomic E-state index is 5.80. The normalized spacial score (nSPS) is 13.6. The van der Waals surface area contributed by atoms with Crippen LogP contribution in [0, 0.1) is 17.3 Å². The summed E-state index contributed by atoms with van der Waals surface area (Å²) in [7, 11) is 0. The summed E-state index contributed by atoms with van der Waals surface area (Å²) in [6.45, 7) is 15.0. The van der Waals surface area contributed by atoms with Gasteiger partial charge in [-0.1, -0.05) is 41.5 Å². The highest BCUT2D eigenvalue weighted by Gasteiger charge is 2.18. The van der Waals surface area contributed by atoms with E-state index in [1.807, 2.05) is 0 Å². The summed E-state index contributed by atoms with van der Waals surface area (Å²) in [4.78, 5) is 4.40. The minimum Gasteiger partial charge on any atom is -0.370 e. The third kappa shape index (κ3) is 8.57. The average molecular weight is 227 g/mol. The zero-order valence-corrected chi connectivity index (χ0v) is 11.8. The number of guanidine groups is 1. The van der Waals surface area contributed by atoms with Crippen molar-refractivity contribution < 1.29 is 0 Å². The number of nitrogens with one attached hydrogen (secondary N) is 1. The molecule has 0 fully saturated rings. The largest absolute Gasteiger partial charge is 0.370 e. The summed E-state index contributed by atoms with van der Waals surface area (Å²) in [6.07, 6.45) is 1.17. The topological polar surface area (TPSA) is 50.4 Å². The van der Waals surface area contributed by atoms with E-state index >= 15 is 0 Å². The summed E-state index contributed by atoms with van der Waals surface area (Å²) in [6, 6.07) is 0. The van der Waals surface area contributed by atoms with Gasteiger partial charge >= 0.3 is 0 Å². The average Bonchev–Trinajstić information content (AvgIpc) is 2.09. The van der Waals surface area contributed by atoms with Gasteiger partial charge in [0.05, 0.1) is 0 Å². The van der Waals surface area contributed by atoms with Crippen LogP contribution in [-0.4, -0.2) is 19.0 Å². The molecule has 0 spiro atoms. The first kappa shape index (κ1) is 15.3. The fourth-order valence-corrected chi connectivity index (χ4v) is 1.83. The van der Waals surface area contributed by atoms with E-state index in [1.54, 1.807) is 0 Å². The van der Waals surface area contributed by atoms with Crippen LogP contribution in [0.4, 0.5) is 0 Å². The summed E-state index contributed by atoms with van der Waals surface area (Å²) < 4.78 is 0. The molecule has 0 aliphatic heterocycles. The molecule has 0 atom stereocenters. The Morgan fingerprint density at radius 1 is 1.19 bits per heavy atom. The molecule has 0 aliphatic carbocycles. The van der Waals surface area contributed by atoms with Crippen molar-refractivity contribution in [1.29, 1.82) is 0 Å². The van der Waals surface area contributed by atoms with Crippen molar-refractivity contribution in [3.63, 3.8) is 0 Å². The predicted molar refractivity (Wildman–Crippen MR) is 72.6 cm³/mol. The Labute approximate surface area is 101 Å². The fourth-order valence-electron chi connectivity index (χ4n) is 1.83. The van der Waals surface area contributed by atoms with E-state index in [1.165, 1.54) is 6.42 Å². The van der Waals surface area contributed by atoms with Crippen molar-refractivity contribution in [1.82, 2.24) is 5.32 Å². The van der Waals surface area contributed by atoms with E-state index in [-0.39, 0.29) is 5.41 Å². The van der Waals surface area contributed by atoms with Crippen molar-refractivity contribution in [2.24, 2.45) is 28.0 Å². The maximum Gasteiger partial charge on any atom is 0.188 e. The van der Waals surface area contributed by atoms with Crippen molar-refractivity contribution in [3.05, 3.63) is 0 Å². The van der Waals surface area contributed by atoms with Gasteiger partial charge in [-0.05, 0) is 23.7 Å². The van der Waals surface area contributed by atoms with E-state index in [0.717, 1.165) is 13.1 Å². The fraction of sp³-hybridized carbons (Fsp3) is 0.923. The number of nitrogens with two attached hydrogens (primary N) is 1. The van der Waals surface area contributed by atoms with Gasteiger partial charge in [-0.3, -0.25) is 4.99 Å². The van der Waals surface area contributed by atoms with Gasteiger partial charge in [0.2, 0.25) is 0 Å². The van der Waals surface area contributed by atoms with Crippen molar-refractivity contribution in [2.75, 3.05) is 13.1 Å². The number of hydrogen-bond acceptors (Lipinski definition) is 1. The number of nitrogens with zero attached hydrogens (tertiary/aromatic N) is 1. The molecule has 0 saturated heterocycles. The lowest BCUT2D eigenvalue weighted by Crippen LogP contribution is -2.35. The van der Waals surface area contributed by atoms with Crippen molar-refractivity contribution in [2.45, 2.75) is 48.0 Å². The van der Waals surface area contributed by atoms with Crippen molar-refractivity contribution >= 4 is 5.96 Å². The third-order valence-corrected chi connectivity index (χ3v) is 2.33. The molecule has 0 radical (unpaired) electrons. The zero-order chi connectivity index (χ0) is 12.8. The number of hydrogen-bond donors (Lipinski definition) is 2. The van der Waals surface area contributed by atoms with Gasteiger partial charge in [-0.2, -0.15) is 0 Å². The van der Waals surface area contributed by atoms with Gasteiger partial charge in [-0.15, -0.1) is 0 Å². The van der Waals surface area contributed by atoms with E-state index in [4.69, 9.17) is 5.73 Å². The first-order valence-corrected chi connectivity index (χ1v) is 6.27. The van der Waals surface area contributed by atoms with Crippen LogP contribution < -0.4 is 11.1 Å². The maximum atomic E-state index is 5.80. The molecule has 3 nitrogen and oxygen atoms in total. The second-order valence-corrected chi connectivity index (χ2v) is 6.24. The quantitative estimate of drug-likeness (QED) is 0.541. The first-order chi connectivity index (χ1) is 7.23. The van der Waals surface area contributed by atoms with E-state index in [0.29, 0.717) is 17.8 Å². The van der Waals surface area contributed by atoms with Crippen LogP contribution >= 0.6 is 0 Å². The van der Waals surface area contributed by atoms with Crippen LogP contribution in [0.25, 0.3) is 0 Å². The summed E-state index contributed by atoms with van der Waals surface area (Å²) in [5.41, 5.74) is 6.03. The van der Waals surface area contributed by atoms with E-state index in [9.17, 15) is 0 Å².